The molecule has 0 radical (unpaired) electrons. The van der Waals surface area contributed by atoms with Gasteiger partial charge in [0.25, 0.3) is 0 Å². The van der Waals surface area contributed by atoms with Crippen molar-refractivity contribution in [3.05, 3.63) is 29.6 Å². The van der Waals surface area contributed by atoms with Gasteiger partial charge in [-0.3, -0.25) is 4.90 Å². The fourth-order valence-electron chi connectivity index (χ4n) is 1.99. The molecule has 0 aliphatic heterocycles. The van der Waals surface area contributed by atoms with Crippen LogP contribution in [0.1, 0.15) is 45.1 Å². The molecule has 0 atom stereocenters. The molecule has 0 saturated carbocycles. The smallest absolute Gasteiger partial charge is 0.146 e. The highest BCUT2D eigenvalue weighted by Crippen LogP contribution is 2.18. The summed E-state index contributed by atoms with van der Waals surface area (Å²) in [6, 6.07) is 5.07. The normalized spacial score (nSPS) is 11.1. The number of benzene rings is 1. The van der Waals surface area contributed by atoms with Crippen molar-refractivity contribution >= 4 is 5.69 Å². The van der Waals surface area contributed by atoms with Crippen LogP contribution < -0.4 is 5.73 Å². The number of anilines is 1. The second-order valence-electron chi connectivity index (χ2n) is 4.80. The van der Waals surface area contributed by atoms with E-state index >= 15 is 0 Å². The maximum Gasteiger partial charge on any atom is 0.146 e. The largest absolute Gasteiger partial charge is 0.396 e. The lowest BCUT2D eigenvalue weighted by Gasteiger charge is -2.22. The highest BCUT2D eigenvalue weighted by atomic mass is 19.1. The zero-order valence-corrected chi connectivity index (χ0v) is 11.6. The van der Waals surface area contributed by atoms with Crippen LogP contribution in [-0.2, 0) is 6.54 Å². The van der Waals surface area contributed by atoms with E-state index in [0.717, 1.165) is 25.2 Å². The predicted octanol–water partition coefficient (Wildman–Crippen LogP) is 3.81. The number of nitrogen functional groups attached to an aromatic ring is 1. The number of nitrogens with zero attached hydrogens (tertiary/aromatic N) is 1. The Hall–Kier alpha value is -1.09. The molecule has 18 heavy (non-hydrogen) atoms. The van der Waals surface area contributed by atoms with E-state index in [9.17, 15) is 4.39 Å². The van der Waals surface area contributed by atoms with Crippen molar-refractivity contribution in [2.24, 2.45) is 0 Å². The predicted molar refractivity (Wildman–Crippen MR) is 75.9 cm³/mol. The minimum atomic E-state index is -0.307. The van der Waals surface area contributed by atoms with Crippen LogP contribution in [0.2, 0.25) is 0 Å². The summed E-state index contributed by atoms with van der Waals surface area (Å²) in [6.45, 7) is 7.26. The van der Waals surface area contributed by atoms with Gasteiger partial charge < -0.3 is 5.73 Å². The summed E-state index contributed by atoms with van der Waals surface area (Å²) in [7, 11) is 0. The summed E-state index contributed by atoms with van der Waals surface area (Å²) in [6.07, 6.45) is 4.72. The van der Waals surface area contributed by atoms with Gasteiger partial charge in [0.2, 0.25) is 0 Å². The summed E-state index contributed by atoms with van der Waals surface area (Å²) in [5.74, 6) is -0.307. The summed E-state index contributed by atoms with van der Waals surface area (Å²) >= 11 is 0. The van der Waals surface area contributed by atoms with E-state index in [-0.39, 0.29) is 5.82 Å². The van der Waals surface area contributed by atoms with Crippen molar-refractivity contribution in [1.29, 1.82) is 0 Å². The molecule has 1 aromatic carbocycles. The van der Waals surface area contributed by atoms with Crippen molar-refractivity contribution in [3.63, 3.8) is 0 Å². The molecule has 1 rings (SSSR count). The molecule has 0 saturated heterocycles. The summed E-state index contributed by atoms with van der Waals surface area (Å²) in [4.78, 5) is 2.37. The van der Waals surface area contributed by atoms with E-state index in [0.29, 0.717) is 5.69 Å². The Morgan fingerprint density at radius 3 is 2.28 bits per heavy atom. The molecule has 1 aromatic rings. The summed E-state index contributed by atoms with van der Waals surface area (Å²) in [5.41, 5.74) is 6.99. The summed E-state index contributed by atoms with van der Waals surface area (Å²) < 4.78 is 13.4. The average Bonchev–Trinajstić information content (AvgIpc) is 2.38. The van der Waals surface area contributed by atoms with E-state index in [1.807, 2.05) is 6.07 Å². The molecule has 2 nitrogen and oxygen atoms in total. The molecule has 0 aromatic heterocycles. The van der Waals surface area contributed by atoms with Gasteiger partial charge in [-0.25, -0.2) is 4.39 Å². The van der Waals surface area contributed by atoms with Crippen molar-refractivity contribution < 1.29 is 4.39 Å². The number of rotatable bonds is 8. The number of nitrogens with two attached hydrogens (primary N) is 1. The maximum absolute atomic E-state index is 13.4. The molecule has 0 heterocycles. The van der Waals surface area contributed by atoms with Gasteiger partial charge >= 0.3 is 0 Å². The molecule has 0 spiro atoms. The van der Waals surface area contributed by atoms with Crippen LogP contribution in [-0.4, -0.2) is 18.0 Å². The minimum absolute atomic E-state index is 0.301. The molecule has 0 fully saturated rings. The third-order valence-electron chi connectivity index (χ3n) is 3.19. The highest BCUT2D eigenvalue weighted by Gasteiger charge is 2.09. The Bertz CT molecular complexity index is 344. The minimum Gasteiger partial charge on any atom is -0.396 e. The van der Waals surface area contributed by atoms with E-state index < -0.39 is 0 Å². The number of hydrogen-bond acceptors (Lipinski definition) is 2. The van der Waals surface area contributed by atoms with Gasteiger partial charge in [-0.2, -0.15) is 0 Å². The van der Waals surface area contributed by atoms with Gasteiger partial charge in [0, 0.05) is 6.54 Å². The molecule has 3 heteroatoms. The van der Waals surface area contributed by atoms with Gasteiger partial charge in [0.15, 0.2) is 0 Å². The zero-order chi connectivity index (χ0) is 13.4. The van der Waals surface area contributed by atoms with Crippen LogP contribution in [0.3, 0.4) is 0 Å². The Balaban J connectivity index is 2.65. The first kappa shape index (κ1) is 15.0. The number of unbranched alkanes of at least 4 members (excludes halogenated alkanes) is 2. The van der Waals surface area contributed by atoms with Gasteiger partial charge in [-0.05, 0) is 37.6 Å². The lowest BCUT2D eigenvalue weighted by Crippen LogP contribution is -2.26. The lowest BCUT2D eigenvalue weighted by atomic mass is 10.1. The van der Waals surface area contributed by atoms with Gasteiger partial charge in [0.05, 0.1) is 5.69 Å². The monoisotopic (exact) mass is 252 g/mol. The number of hydrogen-bond donors (Lipinski definition) is 1. The van der Waals surface area contributed by atoms with Crippen molar-refractivity contribution in [3.8, 4) is 0 Å². The first-order valence-corrected chi connectivity index (χ1v) is 6.94. The standard InChI is InChI=1S/C15H25FN2/c1-3-5-10-18(11-6-4-2)12-13-8-7-9-14(16)15(13)17/h7-9H,3-6,10-12,17H2,1-2H3. The lowest BCUT2D eigenvalue weighted by molar-refractivity contribution is 0.257. The van der Waals surface area contributed by atoms with Crippen molar-refractivity contribution in [1.82, 2.24) is 4.90 Å². The Morgan fingerprint density at radius 2 is 1.72 bits per heavy atom. The first-order valence-electron chi connectivity index (χ1n) is 6.94. The van der Waals surface area contributed by atoms with Crippen molar-refractivity contribution in [2.45, 2.75) is 46.1 Å². The first-order chi connectivity index (χ1) is 8.69. The fraction of sp³-hybridized carbons (Fsp3) is 0.600. The van der Waals surface area contributed by atoms with Crippen LogP contribution in [0.5, 0.6) is 0 Å². The van der Waals surface area contributed by atoms with Gasteiger partial charge in [0.1, 0.15) is 5.82 Å². The number of para-hydroxylation sites is 1. The Labute approximate surface area is 110 Å². The zero-order valence-electron chi connectivity index (χ0n) is 11.6. The average molecular weight is 252 g/mol. The third-order valence-corrected chi connectivity index (χ3v) is 3.19. The fourth-order valence-corrected chi connectivity index (χ4v) is 1.99. The SMILES string of the molecule is CCCCN(CCCC)Cc1cccc(F)c1N. The van der Waals surface area contributed by atoms with Crippen molar-refractivity contribution in [2.75, 3.05) is 18.8 Å². The summed E-state index contributed by atoms with van der Waals surface area (Å²) in [5, 5.41) is 0. The molecular weight excluding hydrogens is 227 g/mol. The topological polar surface area (TPSA) is 29.3 Å². The second-order valence-corrected chi connectivity index (χ2v) is 4.80. The second kappa shape index (κ2) is 8.09. The number of halogens is 1. The van der Waals surface area contributed by atoms with Gasteiger partial charge in [-0.15, -0.1) is 0 Å². The molecule has 102 valence electrons. The van der Waals surface area contributed by atoms with Crippen LogP contribution in [0.4, 0.5) is 10.1 Å². The van der Waals surface area contributed by atoms with Crippen LogP contribution >= 0.6 is 0 Å². The maximum atomic E-state index is 13.4. The third kappa shape index (κ3) is 4.65. The van der Waals surface area contributed by atoms with Gasteiger partial charge in [-0.1, -0.05) is 38.8 Å². The van der Waals surface area contributed by atoms with E-state index in [1.165, 1.54) is 31.7 Å². The Kier molecular flexibility index (Phi) is 6.73. The molecule has 2 N–H and O–H groups in total. The molecule has 0 unspecified atom stereocenters. The molecular formula is C15H25FN2. The van der Waals surface area contributed by atoms with E-state index in [1.54, 1.807) is 6.07 Å². The molecule has 0 aliphatic carbocycles. The Morgan fingerprint density at radius 1 is 1.11 bits per heavy atom. The van der Waals surface area contributed by atoms with E-state index in [2.05, 4.69) is 18.7 Å². The van der Waals surface area contributed by atoms with Crippen LogP contribution in [0.25, 0.3) is 0 Å². The van der Waals surface area contributed by atoms with Crippen LogP contribution in [0, 0.1) is 5.82 Å². The molecule has 0 bridgehead atoms. The molecule has 0 aliphatic rings. The quantitative estimate of drug-likeness (QED) is 0.713. The molecule has 0 amide bonds. The van der Waals surface area contributed by atoms with E-state index in [4.69, 9.17) is 5.73 Å². The highest BCUT2D eigenvalue weighted by molar-refractivity contribution is 5.47. The van der Waals surface area contributed by atoms with Crippen LogP contribution in [0.15, 0.2) is 18.2 Å².